The molecular formula is C15H15N3O2. The fourth-order valence-corrected chi connectivity index (χ4v) is 1.80. The third-order valence-corrected chi connectivity index (χ3v) is 2.75. The number of esters is 1. The summed E-state index contributed by atoms with van der Waals surface area (Å²) in [4.78, 5) is 12.0. The normalized spacial score (nSPS) is 11.7. The van der Waals surface area contributed by atoms with Gasteiger partial charge >= 0.3 is 5.97 Å². The van der Waals surface area contributed by atoms with Gasteiger partial charge in [-0.1, -0.05) is 24.1 Å². The lowest BCUT2D eigenvalue weighted by Crippen LogP contribution is -2.18. The minimum atomic E-state index is -0.516. The molecule has 0 bridgehead atoms. The first kappa shape index (κ1) is 13.8. The van der Waals surface area contributed by atoms with Crippen molar-refractivity contribution in [3.8, 4) is 12.3 Å². The molecule has 20 heavy (non-hydrogen) atoms. The number of carbonyl (C=O) groups excluding carboxylic acids is 1. The molecule has 0 aliphatic rings. The van der Waals surface area contributed by atoms with E-state index in [0.29, 0.717) is 11.2 Å². The molecule has 0 aliphatic heterocycles. The van der Waals surface area contributed by atoms with Crippen molar-refractivity contribution in [2.24, 2.45) is 0 Å². The third-order valence-electron chi connectivity index (χ3n) is 2.75. The molecule has 102 valence electrons. The summed E-state index contributed by atoms with van der Waals surface area (Å²) >= 11 is 0. The second kappa shape index (κ2) is 6.02. The number of hydrogen-bond donors (Lipinski definition) is 1. The molecule has 0 saturated heterocycles. The highest BCUT2D eigenvalue weighted by molar-refractivity contribution is 6.03. The molecule has 1 aromatic heterocycles. The van der Waals surface area contributed by atoms with Gasteiger partial charge in [-0.2, -0.15) is 0 Å². The number of aromatic nitrogens is 2. The van der Waals surface area contributed by atoms with Crippen LogP contribution in [-0.2, 0) is 4.74 Å². The number of fused-ring (bicyclic) bond motifs is 1. The number of benzene rings is 1. The van der Waals surface area contributed by atoms with Crippen LogP contribution in [0.4, 0.5) is 5.69 Å². The molecular weight excluding hydrogens is 254 g/mol. The number of nitrogens with one attached hydrogen (secondary N) is 1. The Hall–Kier alpha value is -2.61. The topological polar surface area (TPSA) is 64.1 Å². The molecule has 1 aromatic carbocycles. The standard InChI is InChI=1S/C15H15N3O2/c1-4-10(3)16-13-11-8-6-7-9-12(11)17-18-14(13)15(19)20-5-2/h1,6-10H,5H2,2-3H3,(H,16,17). The van der Waals surface area contributed by atoms with E-state index in [1.165, 1.54) is 0 Å². The van der Waals surface area contributed by atoms with E-state index in [4.69, 9.17) is 11.2 Å². The first-order chi connectivity index (χ1) is 9.67. The summed E-state index contributed by atoms with van der Waals surface area (Å²) in [5, 5.41) is 11.9. The van der Waals surface area contributed by atoms with Crippen LogP contribution in [0.15, 0.2) is 24.3 Å². The maximum Gasteiger partial charge on any atom is 0.361 e. The van der Waals surface area contributed by atoms with E-state index in [1.54, 1.807) is 6.92 Å². The molecule has 1 N–H and O–H groups in total. The molecule has 2 rings (SSSR count). The summed E-state index contributed by atoms with van der Waals surface area (Å²) < 4.78 is 5.00. The van der Waals surface area contributed by atoms with Crippen molar-refractivity contribution in [2.75, 3.05) is 11.9 Å². The van der Waals surface area contributed by atoms with Gasteiger partial charge in [-0.15, -0.1) is 16.6 Å². The largest absolute Gasteiger partial charge is 0.461 e. The van der Waals surface area contributed by atoms with Crippen molar-refractivity contribution in [1.29, 1.82) is 0 Å². The zero-order chi connectivity index (χ0) is 14.5. The van der Waals surface area contributed by atoms with Crippen LogP contribution in [-0.4, -0.2) is 28.8 Å². The Kier molecular flexibility index (Phi) is 4.16. The Morgan fingerprint density at radius 2 is 2.20 bits per heavy atom. The van der Waals surface area contributed by atoms with E-state index in [0.717, 1.165) is 5.39 Å². The quantitative estimate of drug-likeness (QED) is 0.681. The zero-order valence-corrected chi connectivity index (χ0v) is 11.4. The first-order valence-corrected chi connectivity index (χ1v) is 6.32. The van der Waals surface area contributed by atoms with Crippen molar-refractivity contribution < 1.29 is 9.53 Å². The summed E-state index contributed by atoms with van der Waals surface area (Å²) in [6.45, 7) is 3.84. The lowest BCUT2D eigenvalue weighted by Gasteiger charge is -2.14. The van der Waals surface area contributed by atoms with Gasteiger partial charge in [-0.05, 0) is 19.9 Å². The number of carbonyl (C=O) groups is 1. The SMILES string of the molecule is C#CC(C)Nc1c(C(=O)OCC)nnc2ccccc12. The van der Waals surface area contributed by atoms with E-state index in [9.17, 15) is 4.79 Å². The minimum absolute atomic E-state index is 0.146. The lowest BCUT2D eigenvalue weighted by atomic mass is 10.1. The summed E-state index contributed by atoms with van der Waals surface area (Å²) in [5.41, 5.74) is 1.39. The molecule has 0 saturated carbocycles. The fourth-order valence-electron chi connectivity index (χ4n) is 1.80. The van der Waals surface area contributed by atoms with Crippen molar-refractivity contribution in [2.45, 2.75) is 19.9 Å². The summed E-state index contributed by atoms with van der Waals surface area (Å²) in [6.07, 6.45) is 5.38. The summed E-state index contributed by atoms with van der Waals surface area (Å²) in [5.74, 6) is 2.05. The fraction of sp³-hybridized carbons (Fsp3) is 0.267. The molecule has 0 amide bonds. The van der Waals surface area contributed by atoms with E-state index < -0.39 is 5.97 Å². The molecule has 1 atom stereocenters. The van der Waals surface area contributed by atoms with E-state index in [2.05, 4.69) is 21.4 Å². The molecule has 5 nitrogen and oxygen atoms in total. The highest BCUT2D eigenvalue weighted by Gasteiger charge is 2.19. The van der Waals surface area contributed by atoms with Crippen molar-refractivity contribution in [1.82, 2.24) is 10.2 Å². The van der Waals surface area contributed by atoms with Crippen LogP contribution in [0.25, 0.3) is 10.9 Å². The Morgan fingerprint density at radius 3 is 2.90 bits per heavy atom. The Morgan fingerprint density at radius 1 is 1.45 bits per heavy atom. The Balaban J connectivity index is 2.59. The van der Waals surface area contributed by atoms with E-state index in [-0.39, 0.29) is 18.3 Å². The van der Waals surface area contributed by atoms with Crippen LogP contribution in [0.5, 0.6) is 0 Å². The van der Waals surface area contributed by atoms with Crippen molar-refractivity contribution in [3.63, 3.8) is 0 Å². The first-order valence-electron chi connectivity index (χ1n) is 6.32. The molecule has 5 heteroatoms. The molecule has 0 fully saturated rings. The van der Waals surface area contributed by atoms with E-state index >= 15 is 0 Å². The lowest BCUT2D eigenvalue weighted by molar-refractivity contribution is 0.0519. The van der Waals surface area contributed by atoms with Gasteiger partial charge in [-0.25, -0.2) is 4.79 Å². The van der Waals surface area contributed by atoms with Crippen LogP contribution in [0.1, 0.15) is 24.3 Å². The predicted molar refractivity (Wildman–Crippen MR) is 77.4 cm³/mol. The molecule has 0 radical (unpaired) electrons. The average Bonchev–Trinajstić information content (AvgIpc) is 2.47. The highest BCUT2D eigenvalue weighted by atomic mass is 16.5. The molecule has 2 aromatic rings. The average molecular weight is 269 g/mol. The smallest absolute Gasteiger partial charge is 0.361 e. The second-order valence-corrected chi connectivity index (χ2v) is 4.19. The van der Waals surface area contributed by atoms with Crippen LogP contribution < -0.4 is 5.32 Å². The predicted octanol–water partition coefficient (Wildman–Crippen LogP) is 2.24. The summed E-state index contributed by atoms with van der Waals surface area (Å²) in [6, 6.07) is 7.16. The summed E-state index contributed by atoms with van der Waals surface area (Å²) in [7, 11) is 0. The molecule has 0 aliphatic carbocycles. The van der Waals surface area contributed by atoms with Crippen LogP contribution in [0.3, 0.4) is 0 Å². The van der Waals surface area contributed by atoms with Crippen molar-refractivity contribution in [3.05, 3.63) is 30.0 Å². The maximum atomic E-state index is 12.0. The van der Waals surface area contributed by atoms with Gasteiger partial charge in [0.2, 0.25) is 0 Å². The number of nitrogens with zero attached hydrogens (tertiary/aromatic N) is 2. The van der Waals surface area contributed by atoms with Gasteiger partial charge in [0.15, 0.2) is 5.69 Å². The van der Waals surface area contributed by atoms with Gasteiger partial charge in [-0.3, -0.25) is 0 Å². The second-order valence-electron chi connectivity index (χ2n) is 4.19. The number of terminal acetylenes is 1. The van der Waals surface area contributed by atoms with Crippen LogP contribution in [0.2, 0.25) is 0 Å². The monoisotopic (exact) mass is 269 g/mol. The van der Waals surface area contributed by atoms with Crippen LogP contribution >= 0.6 is 0 Å². The number of hydrogen-bond acceptors (Lipinski definition) is 5. The van der Waals surface area contributed by atoms with Gasteiger partial charge < -0.3 is 10.1 Å². The number of anilines is 1. The maximum absolute atomic E-state index is 12.0. The highest BCUT2D eigenvalue weighted by Crippen LogP contribution is 2.25. The Bertz CT molecular complexity index is 676. The minimum Gasteiger partial charge on any atom is -0.461 e. The van der Waals surface area contributed by atoms with Gasteiger partial charge in [0.1, 0.15) is 0 Å². The Labute approximate surface area is 117 Å². The van der Waals surface area contributed by atoms with Gasteiger partial charge in [0, 0.05) is 5.39 Å². The molecule has 0 spiro atoms. The zero-order valence-electron chi connectivity index (χ0n) is 11.4. The molecule has 1 unspecified atom stereocenters. The third kappa shape index (κ3) is 2.69. The van der Waals surface area contributed by atoms with E-state index in [1.807, 2.05) is 31.2 Å². The van der Waals surface area contributed by atoms with Gasteiger partial charge in [0.05, 0.1) is 23.9 Å². The van der Waals surface area contributed by atoms with Crippen LogP contribution in [0, 0.1) is 12.3 Å². The molecule has 1 heterocycles. The number of ether oxygens (including phenoxy) is 1. The van der Waals surface area contributed by atoms with Gasteiger partial charge in [0.25, 0.3) is 0 Å². The van der Waals surface area contributed by atoms with Crippen molar-refractivity contribution >= 4 is 22.6 Å². The number of rotatable bonds is 4.